The average Bonchev–Trinajstić information content (AvgIpc) is 3.10. The minimum atomic E-state index is -0.101. The summed E-state index contributed by atoms with van der Waals surface area (Å²) < 4.78 is 6.87. The second-order valence-corrected chi connectivity index (χ2v) is 5.13. The fourth-order valence-electron chi connectivity index (χ4n) is 2.27. The van der Waals surface area contributed by atoms with Crippen molar-refractivity contribution in [2.75, 3.05) is 7.11 Å². The number of methoxy groups -OCH3 is 1. The molecule has 0 spiro atoms. The maximum Gasteiger partial charge on any atom is 0.224 e. The van der Waals surface area contributed by atoms with Gasteiger partial charge in [-0.25, -0.2) is 4.68 Å². The zero-order valence-corrected chi connectivity index (χ0v) is 13.2. The van der Waals surface area contributed by atoms with E-state index in [1.54, 1.807) is 30.4 Å². The summed E-state index contributed by atoms with van der Waals surface area (Å²) in [5.74, 6) is 0.602. The van der Waals surface area contributed by atoms with Crippen LogP contribution in [0.2, 0.25) is 0 Å². The summed E-state index contributed by atoms with van der Waals surface area (Å²) >= 11 is 0. The highest BCUT2D eigenvalue weighted by molar-refractivity contribution is 5.79. The third-order valence-corrected chi connectivity index (χ3v) is 3.46. The number of hydrogen-bond donors (Lipinski definition) is 1. The van der Waals surface area contributed by atoms with E-state index in [0.717, 1.165) is 11.3 Å². The Kier molecular flexibility index (Phi) is 4.81. The van der Waals surface area contributed by atoms with Gasteiger partial charge in [0.2, 0.25) is 5.91 Å². The molecule has 1 N–H and O–H groups in total. The fraction of sp³-hybridized carbons (Fsp3) is 0.176. The second-order valence-electron chi connectivity index (χ2n) is 5.13. The number of rotatable bonds is 6. The molecule has 0 aliphatic rings. The number of nitrogens with one attached hydrogen (secondary N) is 1. The van der Waals surface area contributed by atoms with Crippen LogP contribution >= 0.6 is 0 Å². The Morgan fingerprint density at radius 3 is 2.92 bits per heavy atom. The number of para-hydroxylation sites is 1. The number of nitrogens with zero attached hydrogens (tertiary/aromatic N) is 4. The summed E-state index contributed by atoms with van der Waals surface area (Å²) in [5, 5.41) is 10.9. The molecule has 7 heteroatoms. The first-order valence-corrected chi connectivity index (χ1v) is 7.46. The molecule has 3 aromatic rings. The molecular formula is C17H17N5O2. The lowest BCUT2D eigenvalue weighted by Crippen LogP contribution is -2.24. The summed E-state index contributed by atoms with van der Waals surface area (Å²) in [7, 11) is 1.59. The van der Waals surface area contributed by atoms with E-state index in [1.165, 1.54) is 0 Å². The van der Waals surface area contributed by atoms with Crippen molar-refractivity contribution >= 4 is 5.91 Å². The first kappa shape index (κ1) is 15.7. The molecule has 3 rings (SSSR count). The van der Waals surface area contributed by atoms with Crippen LogP contribution in [0.1, 0.15) is 11.3 Å². The van der Waals surface area contributed by atoms with Crippen molar-refractivity contribution in [2.45, 2.75) is 13.0 Å². The standard InChI is InChI=1S/C17H17N5O2/c1-24-16-7-3-2-5-13(16)9-17(23)19-10-14-12-22(21-20-14)15-6-4-8-18-11-15/h2-8,11-12H,9-10H2,1H3,(H,19,23). The molecule has 7 nitrogen and oxygen atoms in total. The highest BCUT2D eigenvalue weighted by Gasteiger charge is 2.09. The summed E-state index contributed by atoms with van der Waals surface area (Å²) in [5.41, 5.74) is 2.33. The molecule has 0 saturated heterocycles. The summed E-state index contributed by atoms with van der Waals surface area (Å²) in [6.45, 7) is 0.314. The Balaban J connectivity index is 1.58. The van der Waals surface area contributed by atoms with Gasteiger partial charge in [-0.15, -0.1) is 5.10 Å². The third-order valence-electron chi connectivity index (χ3n) is 3.46. The lowest BCUT2D eigenvalue weighted by molar-refractivity contribution is -0.120. The molecule has 2 heterocycles. The van der Waals surface area contributed by atoms with Gasteiger partial charge in [-0.3, -0.25) is 9.78 Å². The van der Waals surface area contributed by atoms with Gasteiger partial charge in [0.15, 0.2) is 0 Å². The predicted molar refractivity (Wildman–Crippen MR) is 87.7 cm³/mol. The van der Waals surface area contributed by atoms with Crippen LogP contribution < -0.4 is 10.1 Å². The molecule has 2 aromatic heterocycles. The molecule has 0 aliphatic carbocycles. The summed E-state index contributed by atoms with van der Waals surface area (Å²) in [6.07, 6.45) is 5.40. The van der Waals surface area contributed by atoms with Crippen molar-refractivity contribution in [3.63, 3.8) is 0 Å². The summed E-state index contributed by atoms with van der Waals surface area (Å²) in [6, 6.07) is 11.2. The van der Waals surface area contributed by atoms with E-state index in [9.17, 15) is 4.79 Å². The monoisotopic (exact) mass is 323 g/mol. The minimum Gasteiger partial charge on any atom is -0.496 e. The quantitative estimate of drug-likeness (QED) is 0.744. The lowest BCUT2D eigenvalue weighted by Gasteiger charge is -2.08. The van der Waals surface area contributed by atoms with Gasteiger partial charge in [-0.2, -0.15) is 0 Å². The van der Waals surface area contributed by atoms with Gasteiger partial charge < -0.3 is 10.1 Å². The molecule has 122 valence electrons. The van der Waals surface area contributed by atoms with Crippen LogP contribution in [0, 0.1) is 0 Å². The number of carbonyl (C=O) groups is 1. The van der Waals surface area contributed by atoms with E-state index in [4.69, 9.17) is 4.74 Å². The Morgan fingerprint density at radius 1 is 1.25 bits per heavy atom. The third kappa shape index (κ3) is 3.75. The number of benzene rings is 1. The smallest absolute Gasteiger partial charge is 0.224 e. The van der Waals surface area contributed by atoms with Crippen molar-refractivity contribution in [3.05, 3.63) is 66.2 Å². The maximum atomic E-state index is 12.1. The van der Waals surface area contributed by atoms with Crippen LogP contribution in [0.5, 0.6) is 5.75 Å². The molecule has 0 atom stereocenters. The van der Waals surface area contributed by atoms with Crippen molar-refractivity contribution in [2.24, 2.45) is 0 Å². The largest absolute Gasteiger partial charge is 0.496 e. The molecule has 0 saturated carbocycles. The van der Waals surface area contributed by atoms with E-state index in [2.05, 4.69) is 20.6 Å². The molecule has 0 radical (unpaired) electrons. The van der Waals surface area contributed by atoms with Crippen LogP contribution in [0.15, 0.2) is 55.0 Å². The average molecular weight is 323 g/mol. The van der Waals surface area contributed by atoms with Crippen molar-refractivity contribution in [1.29, 1.82) is 0 Å². The Morgan fingerprint density at radius 2 is 2.12 bits per heavy atom. The zero-order valence-electron chi connectivity index (χ0n) is 13.2. The van der Waals surface area contributed by atoms with Crippen LogP contribution in [0.3, 0.4) is 0 Å². The van der Waals surface area contributed by atoms with E-state index < -0.39 is 0 Å². The van der Waals surface area contributed by atoms with Gasteiger partial charge in [0.1, 0.15) is 11.4 Å². The highest BCUT2D eigenvalue weighted by atomic mass is 16.5. The Bertz CT molecular complexity index is 817. The fourth-order valence-corrected chi connectivity index (χ4v) is 2.27. The molecule has 1 amide bonds. The van der Waals surface area contributed by atoms with E-state index >= 15 is 0 Å². The molecule has 0 bridgehead atoms. The van der Waals surface area contributed by atoms with Crippen LogP contribution in [0.25, 0.3) is 5.69 Å². The van der Waals surface area contributed by atoms with Crippen molar-refractivity contribution < 1.29 is 9.53 Å². The van der Waals surface area contributed by atoms with E-state index in [0.29, 0.717) is 18.0 Å². The summed E-state index contributed by atoms with van der Waals surface area (Å²) in [4.78, 5) is 16.1. The highest BCUT2D eigenvalue weighted by Crippen LogP contribution is 2.17. The van der Waals surface area contributed by atoms with Gasteiger partial charge in [0.05, 0.1) is 38.2 Å². The maximum absolute atomic E-state index is 12.1. The molecule has 0 aliphatic heterocycles. The predicted octanol–water partition coefficient (Wildman–Crippen LogP) is 1.53. The number of carbonyl (C=O) groups excluding carboxylic acids is 1. The van der Waals surface area contributed by atoms with Gasteiger partial charge in [0, 0.05) is 11.8 Å². The van der Waals surface area contributed by atoms with Gasteiger partial charge in [-0.1, -0.05) is 23.4 Å². The van der Waals surface area contributed by atoms with E-state index in [-0.39, 0.29) is 12.3 Å². The number of pyridine rings is 1. The molecular weight excluding hydrogens is 306 g/mol. The number of amides is 1. The molecule has 0 fully saturated rings. The second kappa shape index (κ2) is 7.36. The van der Waals surface area contributed by atoms with Gasteiger partial charge in [-0.05, 0) is 18.2 Å². The first-order valence-electron chi connectivity index (χ1n) is 7.46. The van der Waals surface area contributed by atoms with Crippen LogP contribution in [-0.4, -0.2) is 33.0 Å². The zero-order chi connectivity index (χ0) is 16.8. The SMILES string of the molecule is COc1ccccc1CC(=O)NCc1cn(-c2cccnc2)nn1. The van der Waals surface area contributed by atoms with Crippen molar-refractivity contribution in [3.8, 4) is 11.4 Å². The van der Waals surface area contributed by atoms with Gasteiger partial charge >= 0.3 is 0 Å². The minimum absolute atomic E-state index is 0.101. The van der Waals surface area contributed by atoms with Crippen molar-refractivity contribution in [1.82, 2.24) is 25.3 Å². The molecule has 1 aromatic carbocycles. The van der Waals surface area contributed by atoms with Crippen LogP contribution in [0.4, 0.5) is 0 Å². The number of hydrogen-bond acceptors (Lipinski definition) is 5. The Labute approximate surface area is 139 Å². The number of ether oxygens (including phenoxy) is 1. The van der Waals surface area contributed by atoms with E-state index in [1.807, 2.05) is 36.4 Å². The number of aromatic nitrogens is 4. The molecule has 24 heavy (non-hydrogen) atoms. The van der Waals surface area contributed by atoms with Crippen LogP contribution in [-0.2, 0) is 17.8 Å². The first-order chi connectivity index (χ1) is 11.8. The topological polar surface area (TPSA) is 81.9 Å². The lowest BCUT2D eigenvalue weighted by atomic mass is 10.1. The molecule has 0 unspecified atom stereocenters. The van der Waals surface area contributed by atoms with Gasteiger partial charge in [0.25, 0.3) is 0 Å². The Hall–Kier alpha value is -3.22. The normalized spacial score (nSPS) is 10.4.